The standard InChI is InChI=1S/C15H10ClNO3/c1-8-6-11(16)12(7-13(8)18)17-14(19)9-4-2-3-5-10(9)15(17)20/h2-7,18H,1H3. The average Bonchev–Trinajstić information content (AvgIpc) is 2.68. The predicted octanol–water partition coefficient (Wildman–Crippen LogP) is 3.15. The molecule has 0 fully saturated rings. The number of carbonyl (C=O) groups excluding carboxylic acids is 2. The Balaban J connectivity index is 2.17. The van der Waals surface area contributed by atoms with E-state index in [1.165, 1.54) is 12.1 Å². The number of amides is 2. The molecule has 0 bridgehead atoms. The quantitative estimate of drug-likeness (QED) is 0.820. The minimum Gasteiger partial charge on any atom is -0.508 e. The minimum atomic E-state index is -0.434. The highest BCUT2D eigenvalue weighted by molar-refractivity contribution is 6.39. The fraction of sp³-hybridized carbons (Fsp3) is 0.0667. The van der Waals surface area contributed by atoms with Crippen LogP contribution in [0.15, 0.2) is 36.4 Å². The fourth-order valence-electron chi connectivity index (χ4n) is 2.23. The van der Waals surface area contributed by atoms with Crippen molar-refractivity contribution in [3.63, 3.8) is 0 Å². The van der Waals surface area contributed by atoms with Crippen LogP contribution in [-0.2, 0) is 0 Å². The molecule has 0 unspecified atom stereocenters. The lowest BCUT2D eigenvalue weighted by Gasteiger charge is -2.16. The lowest BCUT2D eigenvalue weighted by atomic mass is 10.1. The zero-order chi connectivity index (χ0) is 14.4. The normalized spacial score (nSPS) is 13.8. The highest BCUT2D eigenvalue weighted by Gasteiger charge is 2.37. The number of hydrogen-bond acceptors (Lipinski definition) is 3. The third-order valence-electron chi connectivity index (χ3n) is 3.30. The first-order valence-corrected chi connectivity index (χ1v) is 6.35. The van der Waals surface area contributed by atoms with Gasteiger partial charge in [-0.1, -0.05) is 23.7 Å². The monoisotopic (exact) mass is 287 g/mol. The number of phenolic OH excluding ortho intramolecular Hbond substituents is 1. The lowest BCUT2D eigenvalue weighted by molar-refractivity contribution is 0.0926. The number of anilines is 1. The van der Waals surface area contributed by atoms with Crippen LogP contribution in [0.1, 0.15) is 26.3 Å². The summed E-state index contributed by atoms with van der Waals surface area (Å²) in [7, 11) is 0. The molecule has 1 aliphatic rings. The van der Waals surface area contributed by atoms with Gasteiger partial charge in [0, 0.05) is 6.07 Å². The molecule has 0 aromatic heterocycles. The molecule has 1 aliphatic heterocycles. The Morgan fingerprint density at radius 3 is 2.15 bits per heavy atom. The third kappa shape index (κ3) is 1.69. The number of aryl methyl sites for hydroxylation is 1. The van der Waals surface area contributed by atoms with Crippen LogP contribution in [0.2, 0.25) is 5.02 Å². The predicted molar refractivity (Wildman–Crippen MR) is 75.4 cm³/mol. The van der Waals surface area contributed by atoms with E-state index in [9.17, 15) is 14.7 Å². The number of halogens is 1. The number of nitrogens with zero attached hydrogens (tertiary/aromatic N) is 1. The Labute approximate surface area is 120 Å². The molecule has 0 spiro atoms. The van der Waals surface area contributed by atoms with Crippen molar-refractivity contribution in [3.8, 4) is 5.75 Å². The molecule has 0 saturated heterocycles. The number of aromatic hydroxyl groups is 1. The maximum Gasteiger partial charge on any atom is 0.266 e. The summed E-state index contributed by atoms with van der Waals surface area (Å²) in [5.74, 6) is -0.882. The average molecular weight is 288 g/mol. The van der Waals surface area contributed by atoms with E-state index in [0.29, 0.717) is 16.7 Å². The molecule has 0 radical (unpaired) electrons. The first kappa shape index (κ1) is 12.7. The van der Waals surface area contributed by atoms with E-state index in [4.69, 9.17) is 11.6 Å². The van der Waals surface area contributed by atoms with Crippen LogP contribution in [0.3, 0.4) is 0 Å². The van der Waals surface area contributed by atoms with Gasteiger partial charge in [0.25, 0.3) is 11.8 Å². The van der Waals surface area contributed by atoms with Gasteiger partial charge in [-0.3, -0.25) is 9.59 Å². The number of rotatable bonds is 1. The maximum absolute atomic E-state index is 12.3. The van der Waals surface area contributed by atoms with E-state index in [1.807, 2.05) is 0 Å². The summed E-state index contributed by atoms with van der Waals surface area (Å²) in [6.07, 6.45) is 0. The minimum absolute atomic E-state index is 0.0130. The van der Waals surface area contributed by atoms with Gasteiger partial charge < -0.3 is 5.11 Å². The summed E-state index contributed by atoms with van der Waals surface area (Å²) in [4.78, 5) is 25.6. The maximum atomic E-state index is 12.3. The van der Waals surface area contributed by atoms with Gasteiger partial charge in [-0.05, 0) is 30.7 Å². The number of benzene rings is 2. The zero-order valence-electron chi connectivity index (χ0n) is 10.6. The van der Waals surface area contributed by atoms with Crippen LogP contribution in [0.4, 0.5) is 5.69 Å². The number of imide groups is 1. The van der Waals surface area contributed by atoms with Crippen molar-refractivity contribution in [2.24, 2.45) is 0 Å². The summed E-state index contributed by atoms with van der Waals surface area (Å²) in [5.41, 5.74) is 1.46. The first-order chi connectivity index (χ1) is 9.50. The Morgan fingerprint density at radius 2 is 1.60 bits per heavy atom. The molecule has 5 heteroatoms. The molecule has 3 rings (SSSR count). The Kier molecular flexibility index (Phi) is 2.76. The van der Waals surface area contributed by atoms with Gasteiger partial charge in [-0.25, -0.2) is 4.90 Å². The molecular formula is C15H10ClNO3. The van der Waals surface area contributed by atoms with Crippen molar-refractivity contribution in [1.82, 2.24) is 0 Å². The van der Waals surface area contributed by atoms with Crippen molar-refractivity contribution in [1.29, 1.82) is 0 Å². The first-order valence-electron chi connectivity index (χ1n) is 5.97. The molecule has 2 aromatic rings. The Morgan fingerprint density at radius 1 is 1.05 bits per heavy atom. The number of hydrogen-bond donors (Lipinski definition) is 1. The molecule has 20 heavy (non-hydrogen) atoms. The van der Waals surface area contributed by atoms with Gasteiger partial charge in [0.2, 0.25) is 0 Å². The second-order valence-electron chi connectivity index (χ2n) is 4.58. The number of phenols is 1. The largest absolute Gasteiger partial charge is 0.508 e. The summed E-state index contributed by atoms with van der Waals surface area (Å²) in [6.45, 7) is 1.69. The Bertz CT molecular complexity index is 720. The molecule has 0 saturated carbocycles. The van der Waals surface area contributed by atoms with Crippen molar-refractivity contribution >= 4 is 29.1 Å². The molecule has 1 heterocycles. The second-order valence-corrected chi connectivity index (χ2v) is 4.99. The van der Waals surface area contributed by atoms with Crippen molar-refractivity contribution in [3.05, 3.63) is 58.1 Å². The van der Waals surface area contributed by atoms with Crippen LogP contribution in [0.5, 0.6) is 5.75 Å². The van der Waals surface area contributed by atoms with Crippen molar-refractivity contribution in [2.75, 3.05) is 4.90 Å². The van der Waals surface area contributed by atoms with Crippen LogP contribution < -0.4 is 4.90 Å². The summed E-state index contributed by atoms with van der Waals surface area (Å²) < 4.78 is 0. The summed E-state index contributed by atoms with van der Waals surface area (Å²) >= 11 is 6.10. The van der Waals surface area contributed by atoms with Gasteiger partial charge >= 0.3 is 0 Å². The van der Waals surface area contributed by atoms with E-state index >= 15 is 0 Å². The van der Waals surface area contributed by atoms with Gasteiger partial charge in [0.1, 0.15) is 5.75 Å². The van der Waals surface area contributed by atoms with E-state index in [2.05, 4.69) is 0 Å². The molecule has 100 valence electrons. The van der Waals surface area contributed by atoms with Gasteiger partial charge in [-0.2, -0.15) is 0 Å². The topological polar surface area (TPSA) is 57.6 Å². The molecule has 0 atom stereocenters. The van der Waals surface area contributed by atoms with Crippen LogP contribution >= 0.6 is 11.6 Å². The molecule has 0 aliphatic carbocycles. The van der Waals surface area contributed by atoms with E-state index in [-0.39, 0.29) is 16.5 Å². The Hall–Kier alpha value is -2.33. The van der Waals surface area contributed by atoms with Crippen LogP contribution in [0.25, 0.3) is 0 Å². The number of carbonyl (C=O) groups is 2. The summed E-state index contributed by atoms with van der Waals surface area (Å²) in [5, 5.41) is 10.0. The molecule has 2 amide bonds. The fourth-order valence-corrected chi connectivity index (χ4v) is 2.53. The highest BCUT2D eigenvalue weighted by atomic mass is 35.5. The number of fused-ring (bicyclic) bond motifs is 1. The molecule has 4 nitrogen and oxygen atoms in total. The highest BCUT2D eigenvalue weighted by Crippen LogP contribution is 2.36. The van der Waals surface area contributed by atoms with Crippen molar-refractivity contribution in [2.45, 2.75) is 6.92 Å². The molecule has 2 aromatic carbocycles. The van der Waals surface area contributed by atoms with Crippen LogP contribution in [0, 0.1) is 6.92 Å². The zero-order valence-corrected chi connectivity index (χ0v) is 11.3. The lowest BCUT2D eigenvalue weighted by Crippen LogP contribution is -2.29. The third-order valence-corrected chi connectivity index (χ3v) is 3.60. The second kappa shape index (κ2) is 4.35. The van der Waals surface area contributed by atoms with Gasteiger partial charge in [-0.15, -0.1) is 0 Å². The van der Waals surface area contributed by atoms with Crippen molar-refractivity contribution < 1.29 is 14.7 Å². The van der Waals surface area contributed by atoms with E-state index < -0.39 is 11.8 Å². The molecular weight excluding hydrogens is 278 g/mol. The SMILES string of the molecule is Cc1cc(Cl)c(N2C(=O)c3ccccc3C2=O)cc1O. The smallest absolute Gasteiger partial charge is 0.266 e. The summed E-state index contributed by atoms with van der Waals surface area (Å²) in [6, 6.07) is 9.44. The van der Waals surface area contributed by atoms with Gasteiger partial charge in [0.15, 0.2) is 0 Å². The van der Waals surface area contributed by atoms with Gasteiger partial charge in [0.05, 0.1) is 21.8 Å². The van der Waals surface area contributed by atoms with E-state index in [0.717, 1.165) is 4.90 Å². The molecule has 1 N–H and O–H groups in total. The van der Waals surface area contributed by atoms with E-state index in [1.54, 1.807) is 31.2 Å². The van der Waals surface area contributed by atoms with Crippen LogP contribution in [-0.4, -0.2) is 16.9 Å².